The number of alkyl halides is 3. The minimum absolute atomic E-state index is 0.259. The van der Waals surface area contributed by atoms with Crippen LogP contribution in [0.5, 0.6) is 5.75 Å². The molecule has 0 spiro atoms. The fraction of sp³-hybridized carbons (Fsp3) is 0.214. The van der Waals surface area contributed by atoms with Crippen molar-refractivity contribution in [1.82, 2.24) is 4.98 Å². The molecule has 1 heterocycles. The van der Waals surface area contributed by atoms with Gasteiger partial charge in [-0.25, -0.2) is 0 Å². The largest absolute Gasteiger partial charge is 0.495 e. The fourth-order valence-corrected chi connectivity index (χ4v) is 1.79. The van der Waals surface area contributed by atoms with Gasteiger partial charge < -0.3 is 9.84 Å². The second-order valence-electron chi connectivity index (χ2n) is 4.11. The second kappa shape index (κ2) is 5.50. The summed E-state index contributed by atoms with van der Waals surface area (Å²) in [6.07, 6.45) is -4.06. The molecule has 2 aromatic rings. The topological polar surface area (TPSA) is 42.4 Å². The van der Waals surface area contributed by atoms with E-state index in [2.05, 4.69) is 4.98 Å². The molecule has 106 valence electrons. The van der Waals surface area contributed by atoms with Crippen LogP contribution in [0.2, 0.25) is 0 Å². The molecule has 1 aromatic carbocycles. The lowest BCUT2D eigenvalue weighted by Gasteiger charge is -2.14. The van der Waals surface area contributed by atoms with Crippen molar-refractivity contribution in [2.45, 2.75) is 12.3 Å². The molecule has 0 bridgehead atoms. The van der Waals surface area contributed by atoms with E-state index in [0.29, 0.717) is 11.3 Å². The van der Waals surface area contributed by atoms with Gasteiger partial charge in [0, 0.05) is 6.20 Å². The van der Waals surface area contributed by atoms with Gasteiger partial charge in [0.2, 0.25) is 0 Å². The molecule has 20 heavy (non-hydrogen) atoms. The van der Waals surface area contributed by atoms with Gasteiger partial charge in [0.25, 0.3) is 0 Å². The van der Waals surface area contributed by atoms with Crippen LogP contribution < -0.4 is 4.74 Å². The summed E-state index contributed by atoms with van der Waals surface area (Å²) >= 11 is 0. The normalized spacial score (nSPS) is 13.1. The summed E-state index contributed by atoms with van der Waals surface area (Å²) < 4.78 is 42.5. The number of hydrogen-bond donors (Lipinski definition) is 1. The molecule has 0 aliphatic heterocycles. The first kappa shape index (κ1) is 14.3. The van der Waals surface area contributed by atoms with Crippen LogP contribution in [0.1, 0.15) is 22.9 Å². The number of benzene rings is 1. The molecule has 0 amide bonds. The zero-order chi connectivity index (χ0) is 14.8. The van der Waals surface area contributed by atoms with Gasteiger partial charge >= 0.3 is 6.18 Å². The quantitative estimate of drug-likeness (QED) is 0.940. The molecule has 3 nitrogen and oxygen atoms in total. The Morgan fingerprint density at radius 3 is 2.35 bits per heavy atom. The van der Waals surface area contributed by atoms with Crippen LogP contribution >= 0.6 is 0 Å². The number of halogens is 3. The Morgan fingerprint density at radius 1 is 1.15 bits per heavy atom. The summed E-state index contributed by atoms with van der Waals surface area (Å²) in [5.74, 6) is 0.375. The predicted octanol–water partition coefficient (Wildman–Crippen LogP) is 3.19. The van der Waals surface area contributed by atoms with Gasteiger partial charge in [-0.15, -0.1) is 0 Å². The van der Waals surface area contributed by atoms with Crippen LogP contribution in [0.4, 0.5) is 13.2 Å². The number of aliphatic hydroxyl groups excluding tert-OH is 1. The smallest absolute Gasteiger partial charge is 0.416 e. The highest BCUT2D eigenvalue weighted by Gasteiger charge is 2.30. The van der Waals surface area contributed by atoms with Crippen molar-refractivity contribution in [2.75, 3.05) is 7.11 Å². The Morgan fingerprint density at radius 2 is 1.80 bits per heavy atom. The minimum Gasteiger partial charge on any atom is -0.495 e. The van der Waals surface area contributed by atoms with E-state index in [1.165, 1.54) is 25.4 Å². The van der Waals surface area contributed by atoms with E-state index in [1.807, 2.05) is 0 Å². The van der Waals surface area contributed by atoms with Gasteiger partial charge in [0.15, 0.2) is 0 Å². The third kappa shape index (κ3) is 2.91. The maximum atomic E-state index is 12.5. The highest BCUT2D eigenvalue weighted by Crippen LogP contribution is 2.32. The molecule has 0 fully saturated rings. The molecule has 1 aromatic heterocycles. The molecule has 1 N–H and O–H groups in total. The van der Waals surface area contributed by atoms with Gasteiger partial charge in [-0.3, -0.25) is 4.98 Å². The van der Waals surface area contributed by atoms with Crippen molar-refractivity contribution < 1.29 is 23.0 Å². The van der Waals surface area contributed by atoms with E-state index < -0.39 is 17.8 Å². The summed E-state index contributed by atoms with van der Waals surface area (Å²) in [4.78, 5) is 4.00. The summed E-state index contributed by atoms with van der Waals surface area (Å²) in [5, 5.41) is 10.2. The maximum Gasteiger partial charge on any atom is 0.416 e. The van der Waals surface area contributed by atoms with Gasteiger partial charge in [0.05, 0.1) is 12.7 Å². The Labute approximate surface area is 113 Å². The molecule has 0 saturated heterocycles. The molecular weight excluding hydrogens is 271 g/mol. The van der Waals surface area contributed by atoms with Gasteiger partial charge in [0.1, 0.15) is 17.5 Å². The standard InChI is InChI=1S/C14H12F3NO2/c1-20-11-3-2-8-18-12(11)13(19)9-4-6-10(7-5-9)14(15,16)17/h2-8,13,19H,1H3. The number of aromatic nitrogens is 1. The molecule has 0 radical (unpaired) electrons. The molecule has 6 heteroatoms. The number of aliphatic hydroxyl groups is 1. The zero-order valence-corrected chi connectivity index (χ0v) is 10.6. The van der Waals surface area contributed by atoms with E-state index in [9.17, 15) is 18.3 Å². The van der Waals surface area contributed by atoms with E-state index in [4.69, 9.17) is 4.74 Å². The lowest BCUT2D eigenvalue weighted by Crippen LogP contribution is -2.07. The Hall–Kier alpha value is -2.08. The lowest BCUT2D eigenvalue weighted by molar-refractivity contribution is -0.137. The number of hydrogen-bond acceptors (Lipinski definition) is 3. The van der Waals surface area contributed by atoms with E-state index >= 15 is 0 Å². The third-order valence-corrected chi connectivity index (χ3v) is 2.83. The van der Waals surface area contributed by atoms with Gasteiger partial charge in [-0.05, 0) is 29.8 Å². The summed E-state index contributed by atoms with van der Waals surface area (Å²) in [6, 6.07) is 7.56. The molecular formula is C14H12F3NO2. The number of rotatable bonds is 3. The van der Waals surface area contributed by atoms with Crippen LogP contribution in [0.25, 0.3) is 0 Å². The summed E-state index contributed by atoms with van der Waals surface area (Å²) in [6.45, 7) is 0. The van der Waals surface area contributed by atoms with E-state index in [1.54, 1.807) is 12.1 Å². The monoisotopic (exact) mass is 283 g/mol. The Bertz CT molecular complexity index is 582. The molecule has 0 saturated carbocycles. The first-order valence-corrected chi connectivity index (χ1v) is 5.77. The number of methoxy groups -OCH3 is 1. The van der Waals surface area contributed by atoms with Gasteiger partial charge in [-0.1, -0.05) is 12.1 Å². The minimum atomic E-state index is -4.40. The maximum absolute atomic E-state index is 12.5. The lowest BCUT2D eigenvalue weighted by atomic mass is 10.0. The summed E-state index contributed by atoms with van der Waals surface area (Å²) in [5.41, 5.74) is -0.189. The first-order valence-electron chi connectivity index (χ1n) is 5.77. The zero-order valence-electron chi connectivity index (χ0n) is 10.6. The third-order valence-electron chi connectivity index (χ3n) is 2.83. The predicted molar refractivity (Wildman–Crippen MR) is 66.3 cm³/mol. The van der Waals surface area contributed by atoms with Crippen molar-refractivity contribution >= 4 is 0 Å². The van der Waals surface area contributed by atoms with Crippen molar-refractivity contribution in [3.8, 4) is 5.75 Å². The van der Waals surface area contributed by atoms with Crippen LogP contribution in [-0.4, -0.2) is 17.2 Å². The Balaban J connectivity index is 2.32. The summed E-state index contributed by atoms with van der Waals surface area (Å²) in [7, 11) is 1.43. The number of ether oxygens (including phenoxy) is 1. The fourth-order valence-electron chi connectivity index (χ4n) is 1.79. The van der Waals surface area contributed by atoms with Crippen LogP contribution in [0.3, 0.4) is 0 Å². The van der Waals surface area contributed by atoms with Crippen LogP contribution in [0.15, 0.2) is 42.6 Å². The Kier molecular flexibility index (Phi) is 3.94. The van der Waals surface area contributed by atoms with Crippen molar-refractivity contribution in [3.63, 3.8) is 0 Å². The number of pyridine rings is 1. The molecule has 1 atom stereocenters. The molecule has 0 aliphatic rings. The van der Waals surface area contributed by atoms with Crippen molar-refractivity contribution in [3.05, 3.63) is 59.4 Å². The van der Waals surface area contributed by atoms with E-state index in [-0.39, 0.29) is 5.69 Å². The SMILES string of the molecule is COc1cccnc1C(O)c1ccc(C(F)(F)F)cc1. The first-order chi connectivity index (χ1) is 9.43. The highest BCUT2D eigenvalue weighted by atomic mass is 19.4. The van der Waals surface area contributed by atoms with Crippen LogP contribution in [0, 0.1) is 0 Å². The van der Waals surface area contributed by atoms with Gasteiger partial charge in [-0.2, -0.15) is 13.2 Å². The average Bonchev–Trinajstić information content (AvgIpc) is 2.45. The molecule has 0 aliphatic carbocycles. The van der Waals surface area contributed by atoms with Crippen molar-refractivity contribution in [1.29, 1.82) is 0 Å². The average molecular weight is 283 g/mol. The van der Waals surface area contributed by atoms with Crippen molar-refractivity contribution in [2.24, 2.45) is 0 Å². The second-order valence-corrected chi connectivity index (χ2v) is 4.11. The number of nitrogens with zero attached hydrogens (tertiary/aromatic N) is 1. The van der Waals surface area contributed by atoms with Crippen LogP contribution in [-0.2, 0) is 6.18 Å². The molecule has 2 rings (SSSR count). The van der Waals surface area contributed by atoms with E-state index in [0.717, 1.165) is 12.1 Å². The highest BCUT2D eigenvalue weighted by molar-refractivity contribution is 5.36. The molecule has 1 unspecified atom stereocenters.